The Morgan fingerprint density at radius 1 is 1.50 bits per heavy atom. The zero-order valence-electron chi connectivity index (χ0n) is 8.68. The van der Waals surface area contributed by atoms with Crippen molar-refractivity contribution in [3.8, 4) is 0 Å². The van der Waals surface area contributed by atoms with Crippen LogP contribution in [0, 0.1) is 0 Å². The van der Waals surface area contributed by atoms with Crippen LogP contribution in [0.2, 0.25) is 0 Å². The largest absolute Gasteiger partial charge is 0.324 e. The number of aromatic nitrogens is 2. The first kappa shape index (κ1) is 10.3. The van der Waals surface area contributed by atoms with E-state index in [1.165, 1.54) is 24.4 Å². The fraction of sp³-hybridized carbons (Fsp3) is 0.667. The second-order valence-electron chi connectivity index (χ2n) is 3.96. The van der Waals surface area contributed by atoms with Crippen molar-refractivity contribution in [2.24, 2.45) is 0 Å². The number of nitrogens with zero attached hydrogens (tertiary/aromatic N) is 3. The van der Waals surface area contributed by atoms with Crippen LogP contribution in [-0.4, -0.2) is 38.5 Å². The topological polar surface area (TPSA) is 58.1 Å². The minimum atomic E-state index is -0.0523. The number of hydrogen-bond donors (Lipinski definition) is 1. The molecular formula is C9H12N4OS2. The van der Waals surface area contributed by atoms with Gasteiger partial charge in [0.2, 0.25) is 5.13 Å². The Hall–Kier alpha value is -0.820. The maximum absolute atomic E-state index is 11.7. The van der Waals surface area contributed by atoms with Crippen LogP contribution < -0.4 is 5.32 Å². The van der Waals surface area contributed by atoms with Gasteiger partial charge in [-0.15, -0.1) is 11.8 Å². The Morgan fingerprint density at radius 3 is 3.06 bits per heavy atom. The van der Waals surface area contributed by atoms with E-state index in [1.807, 2.05) is 0 Å². The molecule has 0 atom stereocenters. The summed E-state index contributed by atoms with van der Waals surface area (Å²) in [4.78, 5) is 17.9. The lowest BCUT2D eigenvalue weighted by Gasteiger charge is -2.13. The van der Waals surface area contributed by atoms with Crippen molar-refractivity contribution in [3.63, 3.8) is 0 Å². The Bertz CT molecular complexity index is 398. The Morgan fingerprint density at radius 2 is 2.38 bits per heavy atom. The van der Waals surface area contributed by atoms with Crippen LogP contribution >= 0.6 is 23.3 Å². The van der Waals surface area contributed by atoms with Crippen LogP contribution in [-0.2, 0) is 0 Å². The number of rotatable bonds is 2. The molecule has 0 spiro atoms. The summed E-state index contributed by atoms with van der Waals surface area (Å²) < 4.78 is 4.25. The maximum atomic E-state index is 11.7. The highest BCUT2D eigenvalue weighted by Crippen LogP contribution is 2.39. The predicted molar refractivity (Wildman–Crippen MR) is 64.9 cm³/mol. The van der Waals surface area contributed by atoms with Crippen LogP contribution in [0.5, 0.6) is 0 Å². The molecule has 1 saturated heterocycles. The maximum Gasteiger partial charge on any atom is 0.324 e. The number of nitrogens with one attached hydrogen (secondary N) is 1. The zero-order chi connectivity index (χ0) is 11.0. The van der Waals surface area contributed by atoms with Gasteiger partial charge in [0, 0.05) is 29.7 Å². The predicted octanol–water partition coefficient (Wildman–Crippen LogP) is 1.95. The monoisotopic (exact) mass is 256 g/mol. The standard InChI is InChI=1S/C9H12N4OS2/c14-9(13-3-4-15-5-13)11-8-10-7(12-16-8)6-1-2-6/h6H,1-5H2,(H,10,11,12,14). The van der Waals surface area contributed by atoms with Crippen LogP contribution in [0.4, 0.5) is 9.93 Å². The van der Waals surface area contributed by atoms with E-state index in [0.717, 1.165) is 24.0 Å². The van der Waals surface area contributed by atoms with Crippen molar-refractivity contribution in [2.45, 2.75) is 18.8 Å². The van der Waals surface area contributed by atoms with Gasteiger partial charge in [-0.2, -0.15) is 4.37 Å². The van der Waals surface area contributed by atoms with Gasteiger partial charge < -0.3 is 4.90 Å². The molecule has 5 nitrogen and oxygen atoms in total. The molecule has 0 unspecified atom stereocenters. The highest BCUT2D eigenvalue weighted by atomic mass is 32.2. The van der Waals surface area contributed by atoms with Gasteiger partial charge in [0.05, 0.1) is 5.88 Å². The van der Waals surface area contributed by atoms with Gasteiger partial charge in [-0.05, 0) is 12.8 Å². The molecule has 1 saturated carbocycles. The third-order valence-electron chi connectivity index (χ3n) is 2.64. The molecule has 3 rings (SSSR count). The molecular weight excluding hydrogens is 244 g/mol. The SMILES string of the molecule is O=C(Nc1nc(C2CC2)ns1)N1CCSC1. The minimum Gasteiger partial charge on any atom is -0.314 e. The number of anilines is 1. The summed E-state index contributed by atoms with van der Waals surface area (Å²) >= 11 is 3.05. The smallest absolute Gasteiger partial charge is 0.314 e. The number of carbonyl (C=O) groups excluding carboxylic acids is 1. The first-order valence-electron chi connectivity index (χ1n) is 5.30. The molecule has 16 heavy (non-hydrogen) atoms. The van der Waals surface area contributed by atoms with Crippen molar-refractivity contribution in [3.05, 3.63) is 5.82 Å². The molecule has 1 N–H and O–H groups in total. The second kappa shape index (κ2) is 4.21. The number of hydrogen-bond acceptors (Lipinski definition) is 5. The van der Waals surface area contributed by atoms with Gasteiger partial charge in [-0.25, -0.2) is 9.78 Å². The fourth-order valence-corrected chi connectivity index (χ4v) is 3.12. The summed E-state index contributed by atoms with van der Waals surface area (Å²) in [5.74, 6) is 3.25. The Labute approximate surface area is 102 Å². The molecule has 0 radical (unpaired) electrons. The molecule has 1 aromatic rings. The van der Waals surface area contributed by atoms with Gasteiger partial charge in [0.1, 0.15) is 5.82 Å². The van der Waals surface area contributed by atoms with Crippen LogP contribution in [0.1, 0.15) is 24.6 Å². The lowest BCUT2D eigenvalue weighted by atomic mass is 10.4. The number of urea groups is 1. The van der Waals surface area contributed by atoms with E-state index in [1.54, 1.807) is 16.7 Å². The van der Waals surface area contributed by atoms with Gasteiger partial charge in [0.15, 0.2) is 0 Å². The molecule has 1 aromatic heterocycles. The summed E-state index contributed by atoms with van der Waals surface area (Å²) in [6.07, 6.45) is 2.37. The van der Waals surface area contributed by atoms with Crippen molar-refractivity contribution in [1.29, 1.82) is 0 Å². The molecule has 2 fully saturated rings. The van der Waals surface area contributed by atoms with Gasteiger partial charge in [-0.3, -0.25) is 5.32 Å². The number of amides is 2. The first-order chi connectivity index (χ1) is 7.83. The molecule has 2 amide bonds. The van der Waals surface area contributed by atoms with E-state index in [0.29, 0.717) is 11.0 Å². The quantitative estimate of drug-likeness (QED) is 0.878. The van der Waals surface area contributed by atoms with Crippen LogP contribution in [0.15, 0.2) is 0 Å². The second-order valence-corrected chi connectivity index (χ2v) is 5.79. The lowest BCUT2D eigenvalue weighted by Crippen LogP contribution is -2.32. The average molecular weight is 256 g/mol. The first-order valence-corrected chi connectivity index (χ1v) is 7.23. The summed E-state index contributed by atoms with van der Waals surface area (Å²) in [6.45, 7) is 0.824. The molecule has 86 valence electrons. The van der Waals surface area contributed by atoms with E-state index >= 15 is 0 Å². The van der Waals surface area contributed by atoms with Crippen molar-refractivity contribution in [1.82, 2.24) is 14.3 Å². The van der Waals surface area contributed by atoms with E-state index in [2.05, 4.69) is 14.7 Å². The van der Waals surface area contributed by atoms with Crippen molar-refractivity contribution >= 4 is 34.5 Å². The van der Waals surface area contributed by atoms with E-state index in [9.17, 15) is 4.79 Å². The molecule has 0 aromatic carbocycles. The molecule has 0 bridgehead atoms. The number of carbonyl (C=O) groups is 1. The van der Waals surface area contributed by atoms with Crippen molar-refractivity contribution < 1.29 is 4.79 Å². The zero-order valence-corrected chi connectivity index (χ0v) is 10.3. The van der Waals surface area contributed by atoms with Crippen LogP contribution in [0.3, 0.4) is 0 Å². The third-order valence-corrected chi connectivity index (χ3v) is 4.25. The molecule has 1 aliphatic carbocycles. The van der Waals surface area contributed by atoms with Gasteiger partial charge in [0.25, 0.3) is 0 Å². The highest BCUT2D eigenvalue weighted by molar-refractivity contribution is 7.99. The van der Waals surface area contributed by atoms with Crippen molar-refractivity contribution in [2.75, 3.05) is 23.5 Å². The lowest BCUT2D eigenvalue weighted by molar-refractivity contribution is 0.225. The third kappa shape index (κ3) is 2.15. The fourth-order valence-electron chi connectivity index (χ4n) is 1.54. The summed E-state index contributed by atoms with van der Waals surface area (Å²) in [5, 5.41) is 3.43. The summed E-state index contributed by atoms with van der Waals surface area (Å²) in [5.41, 5.74) is 0. The summed E-state index contributed by atoms with van der Waals surface area (Å²) in [7, 11) is 0. The summed E-state index contributed by atoms with van der Waals surface area (Å²) in [6, 6.07) is -0.0523. The normalized spacial score (nSPS) is 20.1. The van der Waals surface area contributed by atoms with Gasteiger partial charge >= 0.3 is 6.03 Å². The Balaban J connectivity index is 1.61. The molecule has 2 heterocycles. The van der Waals surface area contributed by atoms with E-state index in [-0.39, 0.29) is 6.03 Å². The van der Waals surface area contributed by atoms with Crippen LogP contribution in [0.25, 0.3) is 0 Å². The van der Waals surface area contributed by atoms with Gasteiger partial charge in [-0.1, -0.05) is 0 Å². The average Bonchev–Trinajstić information content (AvgIpc) is 2.82. The minimum absolute atomic E-state index is 0.0523. The van der Waals surface area contributed by atoms with E-state index in [4.69, 9.17) is 0 Å². The molecule has 1 aliphatic heterocycles. The van der Waals surface area contributed by atoms with E-state index < -0.39 is 0 Å². The highest BCUT2D eigenvalue weighted by Gasteiger charge is 2.28. The molecule has 7 heteroatoms. The molecule has 2 aliphatic rings. The Kier molecular flexibility index (Phi) is 2.72. The number of thioether (sulfide) groups is 1.